The van der Waals surface area contributed by atoms with Gasteiger partial charge in [0.15, 0.2) is 5.82 Å². The summed E-state index contributed by atoms with van der Waals surface area (Å²) in [6.07, 6.45) is 0. The topological polar surface area (TPSA) is 68.2 Å². The van der Waals surface area contributed by atoms with Crippen molar-refractivity contribution in [2.24, 2.45) is 5.73 Å². The van der Waals surface area contributed by atoms with Crippen molar-refractivity contribution in [1.82, 2.24) is 10.1 Å². The molecule has 1 heterocycles. The zero-order valence-electron chi connectivity index (χ0n) is 11.6. The average molecular weight is 301 g/mol. The molecular formula is C13H18ClFN4O. The number of nitrogens with two attached hydrogens (primary N) is 1. The van der Waals surface area contributed by atoms with Crippen LogP contribution >= 0.6 is 12.4 Å². The lowest BCUT2D eigenvalue weighted by atomic mass is 10.1. The van der Waals surface area contributed by atoms with E-state index in [1.807, 2.05) is 25.8 Å². The summed E-state index contributed by atoms with van der Waals surface area (Å²) in [7, 11) is 1.87. The fourth-order valence-electron chi connectivity index (χ4n) is 1.57. The Morgan fingerprint density at radius 2 is 1.90 bits per heavy atom. The number of rotatable bonds is 4. The quantitative estimate of drug-likeness (QED) is 0.939. The molecule has 0 spiro atoms. The number of halogens is 2. The lowest BCUT2D eigenvalue weighted by Gasteiger charge is -2.16. The molecule has 0 aliphatic rings. The van der Waals surface area contributed by atoms with Crippen LogP contribution in [0.3, 0.4) is 0 Å². The first-order valence-corrected chi connectivity index (χ1v) is 5.95. The minimum Gasteiger partial charge on any atom is -0.365 e. The number of benzene rings is 1. The number of anilines is 1. The van der Waals surface area contributed by atoms with Crippen molar-refractivity contribution in [3.05, 3.63) is 41.8 Å². The summed E-state index contributed by atoms with van der Waals surface area (Å²) in [6.45, 7) is 4.06. The number of hydrogen-bond donors (Lipinski definition) is 1. The third-order valence-corrected chi connectivity index (χ3v) is 2.68. The molecule has 7 heteroatoms. The molecular weight excluding hydrogens is 283 g/mol. The summed E-state index contributed by atoms with van der Waals surface area (Å²) in [6, 6.07) is 6.21. The van der Waals surface area contributed by atoms with E-state index in [0.717, 1.165) is 5.69 Å². The molecule has 0 saturated heterocycles. The monoisotopic (exact) mass is 300 g/mol. The van der Waals surface area contributed by atoms with E-state index in [1.165, 1.54) is 12.1 Å². The molecule has 0 aliphatic heterocycles. The minimum atomic E-state index is -0.629. The smallest absolute Gasteiger partial charge is 0.246 e. The van der Waals surface area contributed by atoms with Crippen LogP contribution in [0.2, 0.25) is 0 Å². The maximum absolute atomic E-state index is 12.8. The average Bonchev–Trinajstić information content (AvgIpc) is 2.78. The second kappa shape index (κ2) is 6.19. The van der Waals surface area contributed by atoms with Crippen LogP contribution in [0.5, 0.6) is 0 Å². The highest BCUT2D eigenvalue weighted by Crippen LogP contribution is 2.17. The Bertz CT molecular complexity index is 550. The molecule has 0 atom stereocenters. The van der Waals surface area contributed by atoms with Gasteiger partial charge in [0.2, 0.25) is 5.89 Å². The molecule has 0 radical (unpaired) electrons. The van der Waals surface area contributed by atoms with Gasteiger partial charge < -0.3 is 15.2 Å². The molecule has 20 heavy (non-hydrogen) atoms. The van der Waals surface area contributed by atoms with Crippen LogP contribution in [0.25, 0.3) is 0 Å². The second-order valence-corrected chi connectivity index (χ2v) is 5.07. The molecule has 5 nitrogen and oxygen atoms in total. The van der Waals surface area contributed by atoms with E-state index in [-0.39, 0.29) is 18.2 Å². The molecule has 2 N–H and O–H groups in total. The Morgan fingerprint density at radius 3 is 2.40 bits per heavy atom. The number of aromatic nitrogens is 2. The van der Waals surface area contributed by atoms with E-state index in [9.17, 15) is 4.39 Å². The molecule has 0 bridgehead atoms. The molecule has 0 unspecified atom stereocenters. The molecule has 0 fully saturated rings. The van der Waals surface area contributed by atoms with E-state index < -0.39 is 5.54 Å². The zero-order chi connectivity index (χ0) is 14.0. The van der Waals surface area contributed by atoms with Crippen LogP contribution in [0.15, 0.2) is 28.8 Å². The van der Waals surface area contributed by atoms with Crippen LogP contribution in [0.1, 0.15) is 25.6 Å². The largest absolute Gasteiger partial charge is 0.365 e. The molecule has 1 aromatic heterocycles. The first kappa shape index (κ1) is 16.4. The van der Waals surface area contributed by atoms with Crippen LogP contribution in [0, 0.1) is 5.82 Å². The molecule has 0 saturated carbocycles. The van der Waals surface area contributed by atoms with Gasteiger partial charge in [0, 0.05) is 12.7 Å². The third kappa shape index (κ3) is 3.91. The standard InChI is InChI=1S/C13H17FN4O.ClH/c1-13(2,15)12-16-11(19-17-12)8-18(3)10-6-4-9(14)5-7-10;/h4-7H,8,15H2,1-3H3;1H. The van der Waals surface area contributed by atoms with Crippen molar-refractivity contribution >= 4 is 18.1 Å². The minimum absolute atomic E-state index is 0. The summed E-state index contributed by atoms with van der Waals surface area (Å²) < 4.78 is 18.0. The van der Waals surface area contributed by atoms with Gasteiger partial charge in [-0.15, -0.1) is 12.4 Å². The van der Waals surface area contributed by atoms with Gasteiger partial charge in [-0.25, -0.2) is 4.39 Å². The summed E-state index contributed by atoms with van der Waals surface area (Å²) in [5.41, 5.74) is 6.13. The maximum Gasteiger partial charge on any atom is 0.246 e. The van der Waals surface area contributed by atoms with Gasteiger partial charge in [-0.2, -0.15) is 4.98 Å². The molecule has 2 rings (SSSR count). The van der Waals surface area contributed by atoms with E-state index in [1.54, 1.807) is 12.1 Å². The van der Waals surface area contributed by atoms with Crippen molar-refractivity contribution in [2.45, 2.75) is 25.9 Å². The van der Waals surface area contributed by atoms with Crippen molar-refractivity contribution in [1.29, 1.82) is 0 Å². The van der Waals surface area contributed by atoms with E-state index in [2.05, 4.69) is 10.1 Å². The summed E-state index contributed by atoms with van der Waals surface area (Å²) in [4.78, 5) is 6.14. The molecule has 0 amide bonds. The van der Waals surface area contributed by atoms with Crippen LogP contribution in [-0.4, -0.2) is 17.2 Å². The van der Waals surface area contributed by atoms with Crippen molar-refractivity contribution in [2.75, 3.05) is 11.9 Å². The van der Waals surface area contributed by atoms with Gasteiger partial charge >= 0.3 is 0 Å². The Kier molecular flexibility index (Phi) is 5.08. The fraction of sp³-hybridized carbons (Fsp3) is 0.385. The zero-order valence-corrected chi connectivity index (χ0v) is 12.4. The molecule has 1 aromatic carbocycles. The van der Waals surface area contributed by atoms with Crippen molar-refractivity contribution in [3.8, 4) is 0 Å². The maximum atomic E-state index is 12.8. The van der Waals surface area contributed by atoms with E-state index >= 15 is 0 Å². The van der Waals surface area contributed by atoms with Gasteiger partial charge in [-0.05, 0) is 38.1 Å². The van der Waals surface area contributed by atoms with Gasteiger partial charge in [0.1, 0.15) is 5.82 Å². The summed E-state index contributed by atoms with van der Waals surface area (Å²) in [5, 5.41) is 3.85. The Morgan fingerprint density at radius 1 is 1.30 bits per heavy atom. The van der Waals surface area contributed by atoms with Gasteiger partial charge in [0.25, 0.3) is 0 Å². The predicted octanol–water partition coefficient (Wildman–Crippen LogP) is 2.46. The fourth-order valence-corrected chi connectivity index (χ4v) is 1.57. The predicted molar refractivity (Wildman–Crippen MR) is 77.3 cm³/mol. The number of nitrogens with zero attached hydrogens (tertiary/aromatic N) is 3. The van der Waals surface area contributed by atoms with Gasteiger partial charge in [-0.1, -0.05) is 5.16 Å². The highest BCUT2D eigenvalue weighted by molar-refractivity contribution is 5.85. The van der Waals surface area contributed by atoms with Gasteiger partial charge in [0.05, 0.1) is 12.1 Å². The summed E-state index contributed by atoms with van der Waals surface area (Å²) in [5.74, 6) is 0.678. The Labute approximate surface area is 123 Å². The Hall–Kier alpha value is -1.66. The second-order valence-electron chi connectivity index (χ2n) is 5.07. The lowest BCUT2D eigenvalue weighted by Crippen LogP contribution is -2.30. The molecule has 110 valence electrons. The van der Waals surface area contributed by atoms with E-state index in [4.69, 9.17) is 10.3 Å². The normalized spacial score (nSPS) is 11.1. The van der Waals surface area contributed by atoms with Crippen LogP contribution < -0.4 is 10.6 Å². The van der Waals surface area contributed by atoms with Gasteiger partial charge in [-0.3, -0.25) is 0 Å². The lowest BCUT2D eigenvalue weighted by molar-refractivity contribution is 0.360. The Balaban J connectivity index is 0.00000200. The molecule has 0 aliphatic carbocycles. The van der Waals surface area contributed by atoms with Crippen molar-refractivity contribution in [3.63, 3.8) is 0 Å². The summed E-state index contributed by atoms with van der Waals surface area (Å²) >= 11 is 0. The SMILES string of the molecule is CN(Cc1nc(C(C)(C)N)no1)c1ccc(F)cc1.Cl. The number of hydrogen-bond acceptors (Lipinski definition) is 5. The third-order valence-electron chi connectivity index (χ3n) is 2.68. The highest BCUT2D eigenvalue weighted by atomic mass is 35.5. The van der Waals surface area contributed by atoms with E-state index in [0.29, 0.717) is 18.3 Å². The van der Waals surface area contributed by atoms with Crippen LogP contribution in [0.4, 0.5) is 10.1 Å². The van der Waals surface area contributed by atoms with Crippen molar-refractivity contribution < 1.29 is 8.91 Å². The first-order chi connectivity index (χ1) is 8.86. The highest BCUT2D eigenvalue weighted by Gasteiger charge is 2.21. The van der Waals surface area contributed by atoms with Crippen LogP contribution in [-0.2, 0) is 12.1 Å². The first-order valence-electron chi connectivity index (χ1n) is 5.95. The molecule has 2 aromatic rings.